The van der Waals surface area contributed by atoms with Crippen molar-refractivity contribution >= 4 is 33.8 Å². The first kappa shape index (κ1) is 13.5. The summed E-state index contributed by atoms with van der Waals surface area (Å²) < 4.78 is 0. The molecule has 0 bridgehead atoms. The highest BCUT2D eigenvalue weighted by molar-refractivity contribution is 7.80. The standard InChI is InChI=1S/C13H12N4S2/c14-8-11-9-19-13(16-11)17-12(18)15-7-6-10-4-2-1-3-5-10/h1-5,9H,6-7H2,(H2,15,16,17,18). The summed E-state index contributed by atoms with van der Waals surface area (Å²) in [5.74, 6) is 0. The maximum Gasteiger partial charge on any atom is 0.190 e. The van der Waals surface area contributed by atoms with E-state index in [-0.39, 0.29) is 0 Å². The van der Waals surface area contributed by atoms with Crippen LogP contribution in [-0.4, -0.2) is 16.6 Å². The molecule has 96 valence electrons. The van der Waals surface area contributed by atoms with Gasteiger partial charge in [0.1, 0.15) is 6.07 Å². The molecule has 0 aliphatic heterocycles. The Morgan fingerprint density at radius 1 is 1.37 bits per heavy atom. The Morgan fingerprint density at radius 3 is 2.84 bits per heavy atom. The molecule has 1 heterocycles. The van der Waals surface area contributed by atoms with Crippen molar-refractivity contribution in [3.8, 4) is 6.07 Å². The molecule has 0 amide bonds. The van der Waals surface area contributed by atoms with Crippen LogP contribution in [0.4, 0.5) is 5.13 Å². The van der Waals surface area contributed by atoms with E-state index in [0.717, 1.165) is 13.0 Å². The number of nitrogens with one attached hydrogen (secondary N) is 2. The van der Waals surface area contributed by atoms with Crippen LogP contribution < -0.4 is 10.6 Å². The Balaban J connectivity index is 1.74. The van der Waals surface area contributed by atoms with E-state index in [1.54, 1.807) is 5.38 Å². The number of thiocarbonyl (C=S) groups is 1. The molecule has 1 aromatic heterocycles. The first-order chi connectivity index (χ1) is 9.28. The third-order valence-electron chi connectivity index (χ3n) is 2.38. The summed E-state index contributed by atoms with van der Waals surface area (Å²) in [5.41, 5.74) is 1.67. The van der Waals surface area contributed by atoms with E-state index in [9.17, 15) is 0 Å². The summed E-state index contributed by atoms with van der Waals surface area (Å²) in [4.78, 5) is 4.05. The van der Waals surface area contributed by atoms with Gasteiger partial charge in [0.25, 0.3) is 0 Å². The van der Waals surface area contributed by atoms with E-state index < -0.39 is 0 Å². The minimum Gasteiger partial charge on any atom is -0.362 e. The van der Waals surface area contributed by atoms with Gasteiger partial charge in [-0.15, -0.1) is 11.3 Å². The summed E-state index contributed by atoms with van der Waals surface area (Å²) in [6, 6.07) is 12.2. The molecular formula is C13H12N4S2. The molecule has 6 heteroatoms. The number of hydrogen-bond donors (Lipinski definition) is 2. The Labute approximate surface area is 121 Å². The number of nitrogens with zero attached hydrogens (tertiary/aromatic N) is 2. The van der Waals surface area contributed by atoms with E-state index in [1.807, 2.05) is 24.3 Å². The predicted molar refractivity (Wildman–Crippen MR) is 81.2 cm³/mol. The minimum absolute atomic E-state index is 0.402. The van der Waals surface area contributed by atoms with Gasteiger partial charge in [0.15, 0.2) is 15.9 Å². The molecule has 0 unspecified atom stereocenters. The van der Waals surface area contributed by atoms with Crippen molar-refractivity contribution in [2.45, 2.75) is 6.42 Å². The Hall–Kier alpha value is -1.97. The zero-order valence-corrected chi connectivity index (χ0v) is 11.7. The van der Waals surface area contributed by atoms with Gasteiger partial charge in [0, 0.05) is 11.9 Å². The SMILES string of the molecule is N#Cc1csc(NC(=S)NCCc2ccccc2)n1. The van der Waals surface area contributed by atoms with E-state index in [4.69, 9.17) is 17.5 Å². The molecule has 2 rings (SSSR count). The first-order valence-electron chi connectivity index (χ1n) is 5.72. The number of rotatable bonds is 4. The molecule has 0 fully saturated rings. The molecule has 0 saturated heterocycles. The van der Waals surface area contributed by atoms with Crippen LogP contribution in [0.5, 0.6) is 0 Å². The maximum absolute atomic E-state index is 8.67. The van der Waals surface area contributed by atoms with Gasteiger partial charge < -0.3 is 10.6 Å². The molecule has 0 spiro atoms. The average molecular weight is 288 g/mol. The summed E-state index contributed by atoms with van der Waals surface area (Å²) in [6.07, 6.45) is 0.907. The van der Waals surface area contributed by atoms with Crippen LogP contribution in [0.25, 0.3) is 0 Å². The number of nitriles is 1. The number of benzene rings is 1. The molecule has 2 aromatic rings. The fourth-order valence-electron chi connectivity index (χ4n) is 1.49. The van der Waals surface area contributed by atoms with Gasteiger partial charge in [-0.3, -0.25) is 0 Å². The largest absolute Gasteiger partial charge is 0.362 e. The van der Waals surface area contributed by atoms with Crippen molar-refractivity contribution in [3.63, 3.8) is 0 Å². The zero-order chi connectivity index (χ0) is 13.5. The quantitative estimate of drug-likeness (QED) is 0.847. The fourth-order valence-corrected chi connectivity index (χ4v) is 2.39. The van der Waals surface area contributed by atoms with Crippen molar-refractivity contribution in [1.82, 2.24) is 10.3 Å². The van der Waals surface area contributed by atoms with Crippen molar-refractivity contribution < 1.29 is 0 Å². The summed E-state index contributed by atoms with van der Waals surface area (Å²) in [6.45, 7) is 0.756. The molecule has 2 N–H and O–H groups in total. The van der Waals surface area contributed by atoms with Gasteiger partial charge >= 0.3 is 0 Å². The van der Waals surface area contributed by atoms with Gasteiger partial charge in [-0.25, -0.2) is 4.98 Å². The van der Waals surface area contributed by atoms with Crippen LogP contribution in [0.3, 0.4) is 0 Å². The third kappa shape index (κ3) is 4.32. The molecular weight excluding hydrogens is 276 g/mol. The van der Waals surface area contributed by atoms with E-state index in [0.29, 0.717) is 15.9 Å². The minimum atomic E-state index is 0.402. The molecule has 0 aliphatic carbocycles. The van der Waals surface area contributed by atoms with Crippen LogP contribution in [0.15, 0.2) is 35.7 Å². The van der Waals surface area contributed by atoms with E-state index in [2.05, 4.69) is 27.8 Å². The molecule has 19 heavy (non-hydrogen) atoms. The Bertz CT molecular complexity index is 586. The van der Waals surface area contributed by atoms with Crippen molar-refractivity contribution in [2.75, 3.05) is 11.9 Å². The summed E-state index contributed by atoms with van der Waals surface area (Å²) >= 11 is 6.52. The second-order valence-corrected chi connectivity index (χ2v) is 5.03. The monoisotopic (exact) mass is 288 g/mol. The van der Waals surface area contributed by atoms with Gasteiger partial charge in [-0.1, -0.05) is 30.3 Å². The lowest BCUT2D eigenvalue weighted by Gasteiger charge is -2.08. The lowest BCUT2D eigenvalue weighted by atomic mass is 10.1. The van der Waals surface area contributed by atoms with Crippen molar-refractivity contribution in [2.24, 2.45) is 0 Å². The maximum atomic E-state index is 8.67. The van der Waals surface area contributed by atoms with Crippen molar-refractivity contribution in [1.29, 1.82) is 5.26 Å². The van der Waals surface area contributed by atoms with Gasteiger partial charge in [0.2, 0.25) is 0 Å². The molecule has 0 aliphatic rings. The molecule has 0 atom stereocenters. The Morgan fingerprint density at radius 2 is 2.16 bits per heavy atom. The highest BCUT2D eigenvalue weighted by Crippen LogP contribution is 2.14. The predicted octanol–water partition coefficient (Wildman–Crippen LogP) is 2.54. The topological polar surface area (TPSA) is 60.7 Å². The smallest absolute Gasteiger partial charge is 0.190 e. The second kappa shape index (κ2) is 6.83. The number of anilines is 1. The lowest BCUT2D eigenvalue weighted by molar-refractivity contribution is 0.873. The zero-order valence-electron chi connectivity index (χ0n) is 10.1. The van der Waals surface area contributed by atoms with Gasteiger partial charge in [-0.2, -0.15) is 5.26 Å². The lowest BCUT2D eigenvalue weighted by Crippen LogP contribution is -2.30. The van der Waals surface area contributed by atoms with E-state index in [1.165, 1.54) is 16.9 Å². The van der Waals surface area contributed by atoms with Crippen LogP contribution in [0.2, 0.25) is 0 Å². The van der Waals surface area contributed by atoms with Crippen LogP contribution in [0, 0.1) is 11.3 Å². The molecule has 0 radical (unpaired) electrons. The molecule has 4 nitrogen and oxygen atoms in total. The number of thiazole rings is 1. The highest BCUT2D eigenvalue weighted by atomic mass is 32.1. The summed E-state index contributed by atoms with van der Waals surface area (Å²) in [7, 11) is 0. The van der Waals surface area contributed by atoms with Gasteiger partial charge in [-0.05, 0) is 24.2 Å². The molecule has 0 saturated carbocycles. The summed E-state index contributed by atoms with van der Waals surface area (Å²) in [5, 5.41) is 17.6. The van der Waals surface area contributed by atoms with Crippen LogP contribution >= 0.6 is 23.6 Å². The van der Waals surface area contributed by atoms with Crippen LogP contribution in [0.1, 0.15) is 11.3 Å². The average Bonchev–Trinajstić information content (AvgIpc) is 2.87. The number of aromatic nitrogens is 1. The third-order valence-corrected chi connectivity index (χ3v) is 3.39. The highest BCUT2D eigenvalue weighted by Gasteiger charge is 2.02. The fraction of sp³-hybridized carbons (Fsp3) is 0.154. The second-order valence-electron chi connectivity index (χ2n) is 3.77. The number of hydrogen-bond acceptors (Lipinski definition) is 4. The van der Waals surface area contributed by atoms with Gasteiger partial charge in [0.05, 0.1) is 0 Å². The normalized spacial score (nSPS) is 9.63. The first-order valence-corrected chi connectivity index (χ1v) is 7.01. The van der Waals surface area contributed by atoms with E-state index >= 15 is 0 Å². The molecule has 1 aromatic carbocycles. The Kier molecular flexibility index (Phi) is 4.84. The van der Waals surface area contributed by atoms with Crippen molar-refractivity contribution in [3.05, 3.63) is 47.0 Å². The van der Waals surface area contributed by atoms with Crippen LogP contribution in [-0.2, 0) is 6.42 Å².